The molecule has 0 aliphatic carbocycles. The molecule has 5 nitrogen and oxygen atoms in total. The van der Waals surface area contributed by atoms with Crippen LogP contribution in [0.1, 0.15) is 28.8 Å². The first-order valence-electron chi connectivity index (χ1n) is 8.16. The van der Waals surface area contributed by atoms with E-state index < -0.39 is 15.9 Å². The van der Waals surface area contributed by atoms with Crippen LogP contribution in [-0.4, -0.2) is 31.7 Å². The van der Waals surface area contributed by atoms with E-state index in [4.69, 9.17) is 11.6 Å². The van der Waals surface area contributed by atoms with Gasteiger partial charge in [-0.25, -0.2) is 8.42 Å². The second kappa shape index (κ2) is 7.68. The van der Waals surface area contributed by atoms with Gasteiger partial charge in [-0.05, 0) is 55.7 Å². The summed E-state index contributed by atoms with van der Waals surface area (Å²) >= 11 is 9.40. The standard InChI is InChI=1S/C18H18BrClN2O3S/c1-12-4-6-14(11-17(12)26(24,25)22-8-2-3-9-22)21-18(23)15-10-13(19)5-7-16(15)20/h4-7,10-11H,2-3,8-9H2,1H3,(H,21,23). The number of benzene rings is 2. The third kappa shape index (κ3) is 3.96. The second-order valence-electron chi connectivity index (χ2n) is 6.17. The highest BCUT2D eigenvalue weighted by molar-refractivity contribution is 9.10. The number of nitrogens with zero attached hydrogens (tertiary/aromatic N) is 1. The first kappa shape index (κ1) is 19.4. The smallest absolute Gasteiger partial charge is 0.257 e. The quantitative estimate of drug-likeness (QED) is 0.738. The van der Waals surface area contributed by atoms with E-state index >= 15 is 0 Å². The molecular weight excluding hydrogens is 440 g/mol. The maximum absolute atomic E-state index is 12.8. The number of anilines is 1. The van der Waals surface area contributed by atoms with Gasteiger partial charge in [0.1, 0.15) is 0 Å². The first-order valence-corrected chi connectivity index (χ1v) is 10.8. The summed E-state index contributed by atoms with van der Waals surface area (Å²) in [7, 11) is -3.56. The third-order valence-electron chi connectivity index (χ3n) is 4.30. The molecule has 0 spiro atoms. The highest BCUT2D eigenvalue weighted by Crippen LogP contribution is 2.27. The molecule has 0 saturated carbocycles. The molecule has 1 aliphatic heterocycles. The van der Waals surface area contributed by atoms with E-state index in [0.29, 0.717) is 34.9 Å². The van der Waals surface area contributed by atoms with Gasteiger partial charge in [-0.1, -0.05) is 33.6 Å². The number of aryl methyl sites for hydroxylation is 1. The molecule has 8 heteroatoms. The molecule has 138 valence electrons. The van der Waals surface area contributed by atoms with E-state index in [1.165, 1.54) is 10.4 Å². The van der Waals surface area contributed by atoms with Crippen LogP contribution >= 0.6 is 27.5 Å². The third-order valence-corrected chi connectivity index (χ3v) is 7.17. The van der Waals surface area contributed by atoms with Crippen LogP contribution in [0.3, 0.4) is 0 Å². The topological polar surface area (TPSA) is 66.5 Å². The second-order valence-corrected chi connectivity index (χ2v) is 9.40. The van der Waals surface area contributed by atoms with E-state index in [1.54, 1.807) is 37.3 Å². The van der Waals surface area contributed by atoms with Crippen LogP contribution in [0.15, 0.2) is 45.8 Å². The lowest BCUT2D eigenvalue weighted by Gasteiger charge is -2.18. The Kier molecular flexibility index (Phi) is 5.72. The Morgan fingerprint density at radius 1 is 1.15 bits per heavy atom. The van der Waals surface area contributed by atoms with Crippen LogP contribution in [0.25, 0.3) is 0 Å². The molecule has 3 rings (SSSR count). The number of amides is 1. The van der Waals surface area contributed by atoms with Crippen molar-refractivity contribution in [3.05, 3.63) is 57.0 Å². The number of carbonyl (C=O) groups is 1. The maximum Gasteiger partial charge on any atom is 0.257 e. The minimum Gasteiger partial charge on any atom is -0.322 e. The first-order chi connectivity index (χ1) is 12.3. The van der Waals surface area contributed by atoms with Gasteiger partial charge < -0.3 is 5.32 Å². The van der Waals surface area contributed by atoms with Gasteiger partial charge >= 0.3 is 0 Å². The summed E-state index contributed by atoms with van der Waals surface area (Å²) in [4.78, 5) is 12.7. The molecule has 0 unspecified atom stereocenters. The van der Waals surface area contributed by atoms with Gasteiger partial charge in [-0.15, -0.1) is 0 Å². The van der Waals surface area contributed by atoms with Crippen LogP contribution in [0.4, 0.5) is 5.69 Å². The summed E-state index contributed by atoms with van der Waals surface area (Å²) in [6.45, 7) is 2.82. The zero-order valence-corrected chi connectivity index (χ0v) is 17.3. The Hall–Kier alpha value is -1.41. The molecule has 2 aromatic carbocycles. The van der Waals surface area contributed by atoms with Crippen molar-refractivity contribution in [2.24, 2.45) is 0 Å². The van der Waals surface area contributed by atoms with E-state index in [2.05, 4.69) is 21.2 Å². The summed E-state index contributed by atoms with van der Waals surface area (Å²) in [5.74, 6) is -0.398. The van der Waals surface area contributed by atoms with Gasteiger partial charge in [0.25, 0.3) is 5.91 Å². The molecule has 0 atom stereocenters. The van der Waals surface area contributed by atoms with Crippen molar-refractivity contribution in [1.29, 1.82) is 0 Å². The van der Waals surface area contributed by atoms with Gasteiger partial charge in [0, 0.05) is 23.2 Å². The monoisotopic (exact) mass is 456 g/mol. The lowest BCUT2D eigenvalue weighted by Crippen LogP contribution is -2.28. The van der Waals surface area contributed by atoms with E-state index in [0.717, 1.165) is 17.3 Å². The molecular formula is C18H18BrClN2O3S. The Labute approximate surface area is 166 Å². The van der Waals surface area contributed by atoms with Crippen LogP contribution in [-0.2, 0) is 10.0 Å². The van der Waals surface area contributed by atoms with Crippen LogP contribution in [0.5, 0.6) is 0 Å². The van der Waals surface area contributed by atoms with Crippen molar-refractivity contribution in [2.75, 3.05) is 18.4 Å². The predicted octanol–water partition coefficient (Wildman–Crippen LogP) is 4.45. The molecule has 1 amide bonds. The van der Waals surface area contributed by atoms with E-state index in [1.807, 2.05) is 0 Å². The Balaban J connectivity index is 1.90. The SMILES string of the molecule is Cc1ccc(NC(=O)c2cc(Br)ccc2Cl)cc1S(=O)(=O)N1CCCC1. The fraction of sp³-hybridized carbons (Fsp3) is 0.278. The Morgan fingerprint density at radius 2 is 1.85 bits per heavy atom. The number of rotatable bonds is 4. The summed E-state index contributed by atoms with van der Waals surface area (Å²) in [6.07, 6.45) is 1.74. The molecule has 0 bridgehead atoms. The molecule has 2 aromatic rings. The van der Waals surface area contributed by atoms with Crippen molar-refractivity contribution >= 4 is 49.1 Å². The molecule has 1 aliphatic rings. The highest BCUT2D eigenvalue weighted by Gasteiger charge is 2.28. The van der Waals surface area contributed by atoms with Crippen LogP contribution in [0, 0.1) is 6.92 Å². The fourth-order valence-electron chi connectivity index (χ4n) is 2.89. The fourth-order valence-corrected chi connectivity index (χ4v) is 5.23. The number of halogens is 2. The number of hydrogen-bond donors (Lipinski definition) is 1. The van der Waals surface area contributed by atoms with Crippen molar-refractivity contribution in [1.82, 2.24) is 4.31 Å². The molecule has 1 N–H and O–H groups in total. The lowest BCUT2D eigenvalue weighted by molar-refractivity contribution is 0.102. The van der Waals surface area contributed by atoms with Gasteiger partial charge in [0.15, 0.2) is 0 Å². The predicted molar refractivity (Wildman–Crippen MR) is 106 cm³/mol. The van der Waals surface area contributed by atoms with Crippen molar-refractivity contribution in [3.63, 3.8) is 0 Å². The zero-order valence-electron chi connectivity index (χ0n) is 14.1. The average molecular weight is 458 g/mol. The minimum atomic E-state index is -3.56. The maximum atomic E-state index is 12.8. The summed E-state index contributed by atoms with van der Waals surface area (Å²) in [5, 5.41) is 3.05. The number of hydrogen-bond acceptors (Lipinski definition) is 3. The molecule has 0 aromatic heterocycles. The summed E-state index contributed by atoms with van der Waals surface area (Å²) in [5.41, 5.74) is 1.37. The molecule has 1 fully saturated rings. The van der Waals surface area contributed by atoms with E-state index in [9.17, 15) is 13.2 Å². The molecule has 1 saturated heterocycles. The van der Waals surface area contributed by atoms with Crippen molar-refractivity contribution in [2.45, 2.75) is 24.7 Å². The molecule has 1 heterocycles. The molecule has 26 heavy (non-hydrogen) atoms. The van der Waals surface area contributed by atoms with Crippen LogP contribution in [0.2, 0.25) is 5.02 Å². The summed E-state index contributed by atoms with van der Waals surface area (Å²) < 4.78 is 27.9. The highest BCUT2D eigenvalue weighted by atomic mass is 79.9. The molecule has 0 radical (unpaired) electrons. The van der Waals surface area contributed by atoms with Crippen molar-refractivity contribution < 1.29 is 13.2 Å². The van der Waals surface area contributed by atoms with Crippen molar-refractivity contribution in [3.8, 4) is 0 Å². The van der Waals surface area contributed by atoms with Gasteiger partial charge in [0.05, 0.1) is 15.5 Å². The average Bonchev–Trinajstić information content (AvgIpc) is 3.14. The minimum absolute atomic E-state index is 0.220. The Morgan fingerprint density at radius 3 is 2.54 bits per heavy atom. The lowest BCUT2D eigenvalue weighted by atomic mass is 10.2. The van der Waals surface area contributed by atoms with Gasteiger partial charge in [0.2, 0.25) is 10.0 Å². The Bertz CT molecular complexity index is 957. The zero-order chi connectivity index (χ0) is 18.9. The normalized spacial score (nSPS) is 15.2. The van der Waals surface area contributed by atoms with Crippen LogP contribution < -0.4 is 5.32 Å². The number of sulfonamides is 1. The van der Waals surface area contributed by atoms with E-state index in [-0.39, 0.29) is 4.90 Å². The number of carbonyl (C=O) groups excluding carboxylic acids is 1. The summed E-state index contributed by atoms with van der Waals surface area (Å²) in [6, 6.07) is 9.87. The largest absolute Gasteiger partial charge is 0.322 e. The number of nitrogens with one attached hydrogen (secondary N) is 1. The van der Waals surface area contributed by atoms with Gasteiger partial charge in [-0.3, -0.25) is 4.79 Å². The van der Waals surface area contributed by atoms with Gasteiger partial charge in [-0.2, -0.15) is 4.31 Å².